The van der Waals surface area contributed by atoms with E-state index in [0.29, 0.717) is 0 Å². The van der Waals surface area contributed by atoms with Crippen molar-refractivity contribution in [2.45, 2.75) is 13.0 Å². The Balaban J connectivity index is 1.95. The number of nitrogens with zero attached hydrogens (tertiary/aromatic N) is 4. The third kappa shape index (κ3) is 2.96. The maximum atomic E-state index is 8.88. The van der Waals surface area contributed by atoms with E-state index < -0.39 is 0 Å². The number of hydrogen-bond acceptors (Lipinski definition) is 4. The van der Waals surface area contributed by atoms with Crippen molar-refractivity contribution in [1.29, 1.82) is 5.26 Å². The lowest BCUT2D eigenvalue weighted by Gasteiger charge is -2.36. The van der Waals surface area contributed by atoms with Gasteiger partial charge in [-0.3, -0.25) is 4.90 Å². The van der Waals surface area contributed by atoms with Crippen LogP contribution in [0, 0.1) is 11.3 Å². The highest BCUT2D eigenvalue weighted by Crippen LogP contribution is 2.17. The summed E-state index contributed by atoms with van der Waals surface area (Å²) in [4.78, 5) is 8.85. The van der Waals surface area contributed by atoms with Crippen LogP contribution in [0.4, 0.5) is 5.82 Å². The molecule has 5 heteroatoms. The molecule has 1 aromatic heterocycles. The van der Waals surface area contributed by atoms with E-state index in [1.165, 1.54) is 0 Å². The van der Waals surface area contributed by atoms with Crippen LogP contribution < -0.4 is 4.90 Å². The minimum absolute atomic E-state index is 0.00928. The Morgan fingerprint density at radius 3 is 2.59 bits per heavy atom. The maximum absolute atomic E-state index is 8.88. The van der Waals surface area contributed by atoms with E-state index in [4.69, 9.17) is 5.26 Å². The molecule has 1 aromatic rings. The van der Waals surface area contributed by atoms with Gasteiger partial charge in [0.2, 0.25) is 0 Å². The molecule has 0 N–H and O–H groups in total. The topological polar surface area (TPSA) is 43.2 Å². The van der Waals surface area contributed by atoms with Crippen molar-refractivity contribution in [2.75, 3.05) is 31.1 Å². The van der Waals surface area contributed by atoms with E-state index in [0.717, 1.165) is 36.5 Å². The molecular formula is C12H15BrN4. The van der Waals surface area contributed by atoms with Crippen molar-refractivity contribution in [3.8, 4) is 6.07 Å². The summed E-state index contributed by atoms with van der Waals surface area (Å²) in [7, 11) is 0. The van der Waals surface area contributed by atoms with Gasteiger partial charge in [-0.05, 0) is 35.0 Å². The van der Waals surface area contributed by atoms with Gasteiger partial charge in [-0.15, -0.1) is 0 Å². The first-order valence-corrected chi connectivity index (χ1v) is 6.50. The zero-order chi connectivity index (χ0) is 12.3. The monoisotopic (exact) mass is 294 g/mol. The number of halogens is 1. The first-order chi connectivity index (χ1) is 8.20. The molecule has 1 fully saturated rings. The van der Waals surface area contributed by atoms with Crippen molar-refractivity contribution in [3.05, 3.63) is 22.8 Å². The lowest BCUT2D eigenvalue weighted by molar-refractivity contribution is 0.231. The van der Waals surface area contributed by atoms with Gasteiger partial charge in [-0.25, -0.2) is 4.98 Å². The molecule has 0 saturated carbocycles. The third-order valence-electron chi connectivity index (χ3n) is 3.08. The lowest BCUT2D eigenvalue weighted by Crippen LogP contribution is -2.49. The third-order valence-corrected chi connectivity index (χ3v) is 3.55. The van der Waals surface area contributed by atoms with Crippen molar-refractivity contribution >= 4 is 21.7 Å². The summed E-state index contributed by atoms with van der Waals surface area (Å²) in [6.07, 6.45) is 1.82. The average Bonchev–Trinajstić information content (AvgIpc) is 2.39. The molecule has 0 bridgehead atoms. The van der Waals surface area contributed by atoms with E-state index in [9.17, 15) is 0 Å². The van der Waals surface area contributed by atoms with E-state index >= 15 is 0 Å². The van der Waals surface area contributed by atoms with Crippen molar-refractivity contribution in [1.82, 2.24) is 9.88 Å². The summed E-state index contributed by atoms with van der Waals surface area (Å²) in [6, 6.07) is 6.32. The fourth-order valence-electron chi connectivity index (χ4n) is 1.98. The first kappa shape index (κ1) is 12.3. The Kier molecular flexibility index (Phi) is 3.97. The summed E-state index contributed by atoms with van der Waals surface area (Å²) >= 11 is 3.38. The van der Waals surface area contributed by atoms with E-state index in [1.54, 1.807) is 0 Å². The predicted octanol–water partition coefficient (Wildman–Crippen LogP) is 1.88. The van der Waals surface area contributed by atoms with Crippen LogP contribution in [0.15, 0.2) is 22.8 Å². The Hall–Kier alpha value is -1.12. The fourth-order valence-corrected chi connectivity index (χ4v) is 2.21. The van der Waals surface area contributed by atoms with E-state index in [1.807, 2.05) is 25.3 Å². The number of hydrogen-bond donors (Lipinski definition) is 0. The second-order valence-corrected chi connectivity index (χ2v) is 5.08. The standard InChI is InChI=1S/C12H15BrN4/c1-10(8-14)16-4-6-17(7-5-16)12-3-2-11(13)9-15-12/h2-3,9-10H,4-7H2,1H3. The van der Waals surface area contributed by atoms with E-state index in [2.05, 4.69) is 36.8 Å². The van der Waals surface area contributed by atoms with Gasteiger partial charge >= 0.3 is 0 Å². The Morgan fingerprint density at radius 2 is 2.06 bits per heavy atom. The largest absolute Gasteiger partial charge is 0.354 e. The summed E-state index contributed by atoms with van der Waals surface area (Å²) in [5.74, 6) is 1.01. The fraction of sp³-hybridized carbons (Fsp3) is 0.500. The number of aromatic nitrogens is 1. The average molecular weight is 295 g/mol. The van der Waals surface area contributed by atoms with Gasteiger partial charge in [-0.1, -0.05) is 0 Å². The molecule has 1 aliphatic heterocycles. The zero-order valence-corrected chi connectivity index (χ0v) is 11.4. The Morgan fingerprint density at radius 1 is 1.35 bits per heavy atom. The van der Waals surface area contributed by atoms with Gasteiger partial charge < -0.3 is 4.90 Å². The Bertz CT molecular complexity index is 404. The first-order valence-electron chi connectivity index (χ1n) is 5.71. The number of anilines is 1. The number of nitriles is 1. The highest BCUT2D eigenvalue weighted by Gasteiger charge is 2.21. The summed E-state index contributed by atoms with van der Waals surface area (Å²) in [5.41, 5.74) is 0. The smallest absolute Gasteiger partial charge is 0.128 e. The second-order valence-electron chi connectivity index (χ2n) is 4.16. The van der Waals surface area contributed by atoms with Gasteiger partial charge in [0, 0.05) is 36.8 Å². The van der Waals surface area contributed by atoms with Crippen LogP contribution in [-0.2, 0) is 0 Å². The molecule has 0 spiro atoms. The van der Waals surface area contributed by atoms with Crippen LogP contribution in [0.3, 0.4) is 0 Å². The Labute approximate surface area is 110 Å². The zero-order valence-electron chi connectivity index (χ0n) is 9.80. The molecule has 0 radical (unpaired) electrons. The molecule has 0 aromatic carbocycles. The predicted molar refractivity (Wildman–Crippen MR) is 70.8 cm³/mol. The molecular weight excluding hydrogens is 280 g/mol. The number of rotatable bonds is 2. The van der Waals surface area contributed by atoms with Crippen molar-refractivity contribution < 1.29 is 0 Å². The van der Waals surface area contributed by atoms with Gasteiger partial charge in [-0.2, -0.15) is 5.26 Å². The van der Waals surface area contributed by atoms with Gasteiger partial charge in [0.15, 0.2) is 0 Å². The van der Waals surface area contributed by atoms with Crippen LogP contribution in [0.5, 0.6) is 0 Å². The van der Waals surface area contributed by atoms with Crippen LogP contribution in [-0.4, -0.2) is 42.1 Å². The molecule has 1 atom stereocenters. The molecule has 1 aliphatic rings. The van der Waals surface area contributed by atoms with Crippen LogP contribution in [0.2, 0.25) is 0 Å². The van der Waals surface area contributed by atoms with Gasteiger partial charge in [0.05, 0.1) is 12.1 Å². The normalized spacial score (nSPS) is 18.8. The number of pyridine rings is 1. The molecule has 0 aliphatic carbocycles. The lowest BCUT2D eigenvalue weighted by atomic mass is 10.2. The molecule has 17 heavy (non-hydrogen) atoms. The number of piperazine rings is 1. The van der Waals surface area contributed by atoms with Crippen LogP contribution in [0.25, 0.3) is 0 Å². The summed E-state index contributed by atoms with van der Waals surface area (Å²) in [5, 5.41) is 8.88. The van der Waals surface area contributed by atoms with Gasteiger partial charge in [0.25, 0.3) is 0 Å². The molecule has 2 rings (SSSR count). The molecule has 90 valence electrons. The quantitative estimate of drug-likeness (QED) is 0.835. The highest BCUT2D eigenvalue weighted by molar-refractivity contribution is 9.10. The molecule has 4 nitrogen and oxygen atoms in total. The maximum Gasteiger partial charge on any atom is 0.128 e. The molecule has 1 saturated heterocycles. The molecule has 0 amide bonds. The molecule has 1 unspecified atom stereocenters. The van der Waals surface area contributed by atoms with Crippen molar-refractivity contribution in [2.24, 2.45) is 0 Å². The highest BCUT2D eigenvalue weighted by atomic mass is 79.9. The minimum Gasteiger partial charge on any atom is -0.354 e. The molecule has 2 heterocycles. The van der Waals surface area contributed by atoms with Crippen LogP contribution >= 0.6 is 15.9 Å². The van der Waals surface area contributed by atoms with E-state index in [-0.39, 0.29) is 6.04 Å². The minimum atomic E-state index is 0.00928. The second kappa shape index (κ2) is 5.48. The van der Waals surface area contributed by atoms with Crippen LogP contribution in [0.1, 0.15) is 6.92 Å². The SMILES string of the molecule is CC(C#N)N1CCN(c2ccc(Br)cn2)CC1. The van der Waals surface area contributed by atoms with Crippen molar-refractivity contribution in [3.63, 3.8) is 0 Å². The van der Waals surface area contributed by atoms with Gasteiger partial charge in [0.1, 0.15) is 5.82 Å². The summed E-state index contributed by atoms with van der Waals surface area (Å²) in [6.45, 7) is 5.66. The summed E-state index contributed by atoms with van der Waals surface area (Å²) < 4.78 is 0.998.